The van der Waals surface area contributed by atoms with E-state index in [1.54, 1.807) is 11.3 Å². The molecule has 2 bridgehead atoms. The van der Waals surface area contributed by atoms with E-state index < -0.39 is 0 Å². The molecule has 94 valence electrons. The molecule has 17 heavy (non-hydrogen) atoms. The van der Waals surface area contributed by atoms with Crippen LogP contribution in [0.15, 0.2) is 15.9 Å². The Hall–Kier alpha value is 0.0600. The summed E-state index contributed by atoms with van der Waals surface area (Å²) in [6.07, 6.45) is 5.53. The minimum Gasteiger partial charge on any atom is -0.375 e. The standard InChI is InChI=1S/C12H17BrN2OS/c13-9-3-4-17-12(9)6-10(15-14)8-5-7-1-2-11(8)16-7/h3-4,7-8,10-11,15H,1-2,5-6,14H2. The summed E-state index contributed by atoms with van der Waals surface area (Å²) in [5.41, 5.74) is 3.00. The molecule has 2 aliphatic rings. The van der Waals surface area contributed by atoms with Gasteiger partial charge in [0.2, 0.25) is 0 Å². The summed E-state index contributed by atoms with van der Waals surface area (Å²) in [6, 6.07) is 2.44. The van der Waals surface area contributed by atoms with E-state index in [2.05, 4.69) is 32.8 Å². The third-order valence-electron chi connectivity index (χ3n) is 3.98. The first-order valence-electron chi connectivity index (χ1n) is 6.11. The SMILES string of the molecule is NNC(Cc1sccc1Br)C1CC2CCC1O2. The zero-order valence-electron chi connectivity index (χ0n) is 9.56. The number of nitrogens with one attached hydrogen (secondary N) is 1. The first-order chi connectivity index (χ1) is 8.28. The maximum atomic E-state index is 5.91. The second kappa shape index (κ2) is 4.97. The minimum atomic E-state index is 0.334. The second-order valence-electron chi connectivity index (χ2n) is 4.94. The molecule has 3 rings (SSSR count). The van der Waals surface area contributed by atoms with E-state index >= 15 is 0 Å². The topological polar surface area (TPSA) is 47.3 Å². The van der Waals surface area contributed by atoms with Crippen molar-refractivity contribution >= 4 is 27.3 Å². The van der Waals surface area contributed by atoms with Gasteiger partial charge in [-0.3, -0.25) is 11.3 Å². The molecule has 1 aromatic heterocycles. The number of nitrogens with two attached hydrogens (primary N) is 1. The lowest BCUT2D eigenvalue weighted by molar-refractivity contribution is 0.0857. The van der Waals surface area contributed by atoms with Crippen molar-refractivity contribution in [1.29, 1.82) is 0 Å². The van der Waals surface area contributed by atoms with Gasteiger partial charge in [-0.05, 0) is 53.1 Å². The molecule has 1 aromatic rings. The van der Waals surface area contributed by atoms with Crippen molar-refractivity contribution in [3.63, 3.8) is 0 Å². The van der Waals surface area contributed by atoms with Crippen LogP contribution in [0.25, 0.3) is 0 Å². The lowest BCUT2D eigenvalue weighted by atomic mass is 9.82. The molecular formula is C12H17BrN2OS. The quantitative estimate of drug-likeness (QED) is 0.662. The molecule has 3 N–H and O–H groups in total. The zero-order valence-corrected chi connectivity index (χ0v) is 12.0. The van der Waals surface area contributed by atoms with Crippen molar-refractivity contribution in [2.75, 3.05) is 0 Å². The molecule has 0 radical (unpaired) electrons. The number of fused-ring (bicyclic) bond motifs is 2. The van der Waals surface area contributed by atoms with Crippen molar-refractivity contribution in [3.8, 4) is 0 Å². The fourth-order valence-corrected chi connectivity index (χ4v) is 4.68. The van der Waals surface area contributed by atoms with Gasteiger partial charge in [0, 0.05) is 21.3 Å². The van der Waals surface area contributed by atoms with E-state index in [9.17, 15) is 0 Å². The molecule has 2 aliphatic heterocycles. The molecule has 3 nitrogen and oxygen atoms in total. The van der Waals surface area contributed by atoms with Gasteiger partial charge in [0.05, 0.1) is 12.2 Å². The van der Waals surface area contributed by atoms with Gasteiger partial charge < -0.3 is 4.74 Å². The van der Waals surface area contributed by atoms with E-state index in [-0.39, 0.29) is 0 Å². The van der Waals surface area contributed by atoms with Crippen LogP contribution in [0.2, 0.25) is 0 Å². The van der Waals surface area contributed by atoms with Gasteiger partial charge in [-0.1, -0.05) is 0 Å². The Balaban J connectivity index is 1.70. The van der Waals surface area contributed by atoms with Crippen molar-refractivity contribution in [1.82, 2.24) is 5.43 Å². The average molecular weight is 317 g/mol. The fourth-order valence-electron chi connectivity index (χ4n) is 3.10. The number of rotatable bonds is 4. The summed E-state index contributed by atoms with van der Waals surface area (Å²) in [6.45, 7) is 0. The van der Waals surface area contributed by atoms with Crippen LogP contribution < -0.4 is 11.3 Å². The van der Waals surface area contributed by atoms with Crippen LogP contribution in [0.1, 0.15) is 24.1 Å². The third kappa shape index (κ3) is 2.31. The molecule has 4 atom stereocenters. The number of hydrogen-bond acceptors (Lipinski definition) is 4. The molecule has 0 aromatic carbocycles. The number of hydrazine groups is 1. The van der Waals surface area contributed by atoms with Gasteiger partial charge in [-0.15, -0.1) is 11.3 Å². The highest BCUT2D eigenvalue weighted by Gasteiger charge is 2.44. The zero-order chi connectivity index (χ0) is 11.8. The van der Waals surface area contributed by atoms with Gasteiger partial charge in [0.15, 0.2) is 0 Å². The van der Waals surface area contributed by atoms with Crippen LogP contribution in [-0.2, 0) is 11.2 Å². The van der Waals surface area contributed by atoms with Crippen LogP contribution >= 0.6 is 27.3 Å². The van der Waals surface area contributed by atoms with E-state index in [0.29, 0.717) is 24.2 Å². The molecule has 0 aliphatic carbocycles. The van der Waals surface area contributed by atoms with E-state index in [4.69, 9.17) is 10.6 Å². The first-order valence-corrected chi connectivity index (χ1v) is 7.78. The van der Waals surface area contributed by atoms with E-state index in [0.717, 1.165) is 6.42 Å². The molecule has 2 saturated heterocycles. The number of ether oxygens (including phenoxy) is 1. The van der Waals surface area contributed by atoms with Crippen molar-refractivity contribution in [3.05, 3.63) is 20.8 Å². The third-order valence-corrected chi connectivity index (χ3v) is 5.93. The van der Waals surface area contributed by atoms with Crippen molar-refractivity contribution < 1.29 is 4.74 Å². The maximum Gasteiger partial charge on any atom is 0.0624 e. The number of thiophene rings is 1. The number of hydrogen-bond donors (Lipinski definition) is 2. The average Bonchev–Trinajstić information content (AvgIpc) is 3.02. The normalized spacial score (nSPS) is 33.2. The Kier molecular flexibility index (Phi) is 3.54. The molecule has 3 heterocycles. The molecule has 5 heteroatoms. The van der Waals surface area contributed by atoms with E-state index in [1.807, 2.05) is 0 Å². The lowest BCUT2D eigenvalue weighted by Gasteiger charge is -2.27. The largest absolute Gasteiger partial charge is 0.375 e. The first kappa shape index (κ1) is 12.1. The summed E-state index contributed by atoms with van der Waals surface area (Å²) in [7, 11) is 0. The molecule has 4 unspecified atom stereocenters. The summed E-state index contributed by atoms with van der Waals surface area (Å²) < 4.78 is 7.11. The predicted octanol–water partition coefficient (Wildman–Crippen LogP) is 2.45. The molecule has 0 spiro atoms. The highest BCUT2D eigenvalue weighted by atomic mass is 79.9. The van der Waals surface area contributed by atoms with Gasteiger partial charge in [0.1, 0.15) is 0 Å². The molecule has 2 fully saturated rings. The van der Waals surface area contributed by atoms with Crippen LogP contribution in [-0.4, -0.2) is 18.2 Å². The highest BCUT2D eigenvalue weighted by molar-refractivity contribution is 9.10. The van der Waals surface area contributed by atoms with Crippen LogP contribution in [0, 0.1) is 5.92 Å². The molecule has 0 amide bonds. The monoisotopic (exact) mass is 316 g/mol. The highest BCUT2D eigenvalue weighted by Crippen LogP contribution is 2.41. The van der Waals surface area contributed by atoms with Gasteiger partial charge in [-0.25, -0.2) is 0 Å². The minimum absolute atomic E-state index is 0.334. The van der Waals surface area contributed by atoms with Gasteiger partial charge in [0.25, 0.3) is 0 Å². The molecular weight excluding hydrogens is 300 g/mol. The van der Waals surface area contributed by atoms with Crippen LogP contribution in [0.4, 0.5) is 0 Å². The molecule has 0 saturated carbocycles. The summed E-state index contributed by atoms with van der Waals surface area (Å²) in [5, 5.41) is 2.12. The Morgan fingerprint density at radius 1 is 1.59 bits per heavy atom. The summed E-state index contributed by atoms with van der Waals surface area (Å²) >= 11 is 5.37. The van der Waals surface area contributed by atoms with Gasteiger partial charge in [-0.2, -0.15) is 0 Å². The maximum absolute atomic E-state index is 5.91. The predicted molar refractivity (Wildman–Crippen MR) is 72.8 cm³/mol. The van der Waals surface area contributed by atoms with Gasteiger partial charge >= 0.3 is 0 Å². The Labute approximate surface area is 114 Å². The van der Waals surface area contributed by atoms with Crippen LogP contribution in [0.3, 0.4) is 0 Å². The Morgan fingerprint density at radius 3 is 3.00 bits per heavy atom. The second-order valence-corrected chi connectivity index (χ2v) is 6.80. The van der Waals surface area contributed by atoms with Crippen LogP contribution in [0.5, 0.6) is 0 Å². The Bertz CT molecular complexity index is 398. The lowest BCUT2D eigenvalue weighted by Crippen LogP contribution is -2.45. The van der Waals surface area contributed by atoms with E-state index in [1.165, 1.54) is 28.6 Å². The summed E-state index contributed by atoms with van der Waals surface area (Å²) in [5.74, 6) is 6.31. The summed E-state index contributed by atoms with van der Waals surface area (Å²) in [4.78, 5) is 1.37. The Morgan fingerprint density at radius 2 is 2.47 bits per heavy atom. The number of halogens is 1. The fraction of sp³-hybridized carbons (Fsp3) is 0.667. The smallest absolute Gasteiger partial charge is 0.0624 e. The van der Waals surface area contributed by atoms with Crippen molar-refractivity contribution in [2.24, 2.45) is 11.8 Å². The van der Waals surface area contributed by atoms with Crippen molar-refractivity contribution in [2.45, 2.75) is 43.9 Å².